The van der Waals surface area contributed by atoms with Crippen LogP contribution >= 0.6 is 15.9 Å². The Morgan fingerprint density at radius 2 is 1.89 bits per heavy atom. The van der Waals surface area contributed by atoms with E-state index in [1.54, 1.807) is 10.6 Å². The van der Waals surface area contributed by atoms with Crippen LogP contribution in [-0.2, 0) is 13.2 Å². The van der Waals surface area contributed by atoms with E-state index in [2.05, 4.69) is 31.1 Å². The molecule has 0 radical (unpaired) electrons. The average Bonchev–Trinajstić information content (AvgIpc) is 3.13. The second-order valence-corrected chi connectivity index (χ2v) is 10.6. The molecule has 2 aromatic carbocycles. The van der Waals surface area contributed by atoms with Crippen LogP contribution in [0.2, 0.25) is 0 Å². The molecular weight excluding hydrogens is 541 g/mol. The fourth-order valence-corrected chi connectivity index (χ4v) is 5.96. The number of hydrogen-bond acceptors (Lipinski definition) is 5. The van der Waals surface area contributed by atoms with E-state index >= 15 is 0 Å². The molecule has 2 aliphatic heterocycles. The van der Waals surface area contributed by atoms with Crippen molar-refractivity contribution in [2.75, 3.05) is 13.1 Å². The highest BCUT2D eigenvalue weighted by atomic mass is 79.9. The van der Waals surface area contributed by atoms with Crippen molar-refractivity contribution in [2.45, 2.75) is 25.6 Å². The molecule has 4 heterocycles. The quantitative estimate of drug-likeness (QED) is 0.336. The van der Waals surface area contributed by atoms with E-state index in [1.165, 1.54) is 24.3 Å². The molecule has 4 aromatic rings. The Hall–Kier alpha value is -3.63. The lowest BCUT2D eigenvalue weighted by molar-refractivity contribution is 0.0922. The summed E-state index contributed by atoms with van der Waals surface area (Å²) >= 11 is 3.47. The summed E-state index contributed by atoms with van der Waals surface area (Å²) in [5.74, 6) is -0.579. The molecule has 2 atom stereocenters. The zero-order valence-electron chi connectivity index (χ0n) is 19.7. The number of rotatable bonds is 4. The second-order valence-electron chi connectivity index (χ2n) is 9.65. The van der Waals surface area contributed by atoms with Crippen molar-refractivity contribution in [3.8, 4) is 5.88 Å². The van der Waals surface area contributed by atoms with Crippen LogP contribution < -0.4 is 5.56 Å². The SMILES string of the molecule is O=C(N=Nc1c(O)n(CN2C[C@@H]3C[C@H](C2)c2cccc(=O)n2C3)c2ccc(Br)cc12)c1ccc(F)cc1. The Labute approximate surface area is 219 Å². The van der Waals surface area contributed by atoms with Gasteiger partial charge in [-0.05, 0) is 60.9 Å². The molecular formula is C27H23BrFN5O3. The van der Waals surface area contributed by atoms with Crippen molar-refractivity contribution < 1.29 is 14.3 Å². The fourth-order valence-electron chi connectivity index (χ4n) is 5.59. The highest BCUT2D eigenvalue weighted by molar-refractivity contribution is 9.10. The van der Waals surface area contributed by atoms with E-state index in [0.717, 1.165) is 35.2 Å². The molecule has 2 aliphatic rings. The van der Waals surface area contributed by atoms with Crippen LogP contribution in [0.25, 0.3) is 10.9 Å². The lowest BCUT2D eigenvalue weighted by Gasteiger charge is -2.42. The summed E-state index contributed by atoms with van der Waals surface area (Å²) in [7, 11) is 0. The molecule has 1 fully saturated rings. The van der Waals surface area contributed by atoms with Crippen LogP contribution in [-0.4, -0.2) is 38.1 Å². The maximum atomic E-state index is 13.2. The van der Waals surface area contributed by atoms with E-state index in [1.807, 2.05) is 34.9 Å². The Morgan fingerprint density at radius 3 is 2.70 bits per heavy atom. The zero-order valence-corrected chi connectivity index (χ0v) is 21.3. The van der Waals surface area contributed by atoms with Gasteiger partial charge in [0.1, 0.15) is 5.82 Å². The molecule has 8 nitrogen and oxygen atoms in total. The number of nitrogens with zero attached hydrogens (tertiary/aromatic N) is 5. The van der Waals surface area contributed by atoms with E-state index in [4.69, 9.17) is 0 Å². The van der Waals surface area contributed by atoms with E-state index < -0.39 is 11.7 Å². The van der Waals surface area contributed by atoms with Gasteiger partial charge in [-0.3, -0.25) is 19.1 Å². The Kier molecular flexibility index (Phi) is 6.00. The topological polar surface area (TPSA) is 92.2 Å². The molecule has 2 aromatic heterocycles. The zero-order chi connectivity index (χ0) is 25.7. The number of likely N-dealkylation sites (tertiary alicyclic amines) is 1. The number of pyridine rings is 1. The average molecular weight is 564 g/mol. The highest BCUT2D eigenvalue weighted by Gasteiger charge is 2.35. The monoisotopic (exact) mass is 563 g/mol. The Balaban J connectivity index is 1.31. The number of benzene rings is 2. The maximum absolute atomic E-state index is 13.2. The van der Waals surface area contributed by atoms with Gasteiger partial charge in [-0.15, -0.1) is 10.2 Å². The number of halogens is 2. The van der Waals surface area contributed by atoms with Crippen molar-refractivity contribution >= 4 is 38.4 Å². The largest absolute Gasteiger partial charge is 0.493 e. The van der Waals surface area contributed by atoms with Gasteiger partial charge in [-0.1, -0.05) is 22.0 Å². The molecule has 10 heteroatoms. The number of fused-ring (bicyclic) bond motifs is 5. The molecule has 37 heavy (non-hydrogen) atoms. The summed E-state index contributed by atoms with van der Waals surface area (Å²) in [4.78, 5) is 27.1. The lowest BCUT2D eigenvalue weighted by atomic mass is 9.83. The molecule has 0 spiro atoms. The number of piperidine rings is 1. The molecule has 6 rings (SSSR count). The summed E-state index contributed by atoms with van der Waals surface area (Å²) in [5.41, 5.74) is 2.27. The van der Waals surface area contributed by atoms with Gasteiger partial charge in [-0.2, -0.15) is 0 Å². The molecule has 0 aliphatic carbocycles. The minimum Gasteiger partial charge on any atom is -0.493 e. The number of hydrogen-bond donors (Lipinski definition) is 1. The standard InChI is InChI=1S/C27H23BrFN5O3/c28-19-6-9-23-21(11-19)25(30-31-26(36)17-4-7-20(29)8-5-17)27(37)34(23)15-32-12-16-10-18(14-32)22-2-1-3-24(35)33(22)13-16/h1-9,11,16,18,37H,10,12-15H2/t16-,18+/m0/s1. The maximum Gasteiger partial charge on any atom is 0.295 e. The van der Waals surface area contributed by atoms with Gasteiger partial charge in [0.15, 0.2) is 5.69 Å². The van der Waals surface area contributed by atoms with Crippen molar-refractivity contribution in [3.05, 3.63) is 92.6 Å². The Morgan fingerprint density at radius 1 is 1.08 bits per heavy atom. The minimum absolute atomic E-state index is 0.0467. The first kappa shape index (κ1) is 23.7. The van der Waals surface area contributed by atoms with Crippen LogP contribution in [0, 0.1) is 11.7 Å². The number of aromatic nitrogens is 2. The van der Waals surface area contributed by atoms with Crippen molar-refractivity contribution in [3.63, 3.8) is 0 Å². The minimum atomic E-state index is -0.631. The third kappa shape index (κ3) is 4.40. The molecule has 2 bridgehead atoms. The first-order valence-electron chi connectivity index (χ1n) is 12.0. The van der Waals surface area contributed by atoms with Gasteiger partial charge in [0.25, 0.3) is 11.5 Å². The van der Waals surface area contributed by atoms with E-state index in [9.17, 15) is 19.1 Å². The first-order chi connectivity index (χ1) is 17.9. The van der Waals surface area contributed by atoms with Crippen LogP contribution in [0.3, 0.4) is 0 Å². The second kappa shape index (κ2) is 9.35. The van der Waals surface area contributed by atoms with Crippen molar-refractivity contribution in [2.24, 2.45) is 16.1 Å². The summed E-state index contributed by atoms with van der Waals surface area (Å²) in [5, 5.41) is 19.8. The summed E-state index contributed by atoms with van der Waals surface area (Å²) in [6, 6.07) is 16.1. The van der Waals surface area contributed by atoms with Crippen LogP contribution in [0.1, 0.15) is 28.4 Å². The summed E-state index contributed by atoms with van der Waals surface area (Å²) in [6.45, 7) is 2.68. The molecule has 1 N–H and O–H groups in total. The smallest absolute Gasteiger partial charge is 0.295 e. The lowest BCUT2D eigenvalue weighted by Crippen LogP contribution is -2.47. The normalized spacial score (nSPS) is 19.4. The van der Waals surface area contributed by atoms with E-state index in [0.29, 0.717) is 24.5 Å². The number of aromatic hydroxyl groups is 1. The van der Waals surface area contributed by atoms with Crippen molar-refractivity contribution in [1.29, 1.82) is 0 Å². The van der Waals surface area contributed by atoms with Gasteiger partial charge in [-0.25, -0.2) is 4.39 Å². The summed E-state index contributed by atoms with van der Waals surface area (Å²) < 4.78 is 17.7. The first-order valence-corrected chi connectivity index (χ1v) is 12.8. The molecule has 0 unspecified atom stereocenters. The Bertz CT molecular complexity index is 1610. The molecule has 0 saturated carbocycles. The molecule has 1 amide bonds. The number of carbonyl (C=O) groups is 1. The fraction of sp³-hybridized carbons (Fsp3) is 0.259. The van der Waals surface area contributed by atoms with Crippen LogP contribution in [0.5, 0.6) is 5.88 Å². The van der Waals surface area contributed by atoms with Gasteiger partial charge >= 0.3 is 0 Å². The third-order valence-corrected chi connectivity index (χ3v) is 7.69. The van der Waals surface area contributed by atoms with Gasteiger partial charge in [0.05, 0.1) is 12.2 Å². The number of amides is 1. The predicted molar refractivity (Wildman–Crippen MR) is 140 cm³/mol. The molecule has 1 saturated heterocycles. The van der Waals surface area contributed by atoms with Crippen molar-refractivity contribution in [1.82, 2.24) is 14.0 Å². The highest BCUT2D eigenvalue weighted by Crippen LogP contribution is 2.41. The predicted octanol–water partition coefficient (Wildman–Crippen LogP) is 5.41. The number of azo groups is 1. The summed E-state index contributed by atoms with van der Waals surface area (Å²) in [6.07, 6.45) is 1.04. The van der Waals surface area contributed by atoms with Gasteiger partial charge in [0, 0.05) is 52.7 Å². The van der Waals surface area contributed by atoms with Gasteiger partial charge < -0.3 is 9.67 Å². The van der Waals surface area contributed by atoms with Gasteiger partial charge in [0.2, 0.25) is 5.88 Å². The van der Waals surface area contributed by atoms with E-state index in [-0.39, 0.29) is 28.6 Å². The van der Waals surface area contributed by atoms with Crippen LogP contribution in [0.4, 0.5) is 10.1 Å². The number of carbonyl (C=O) groups excluding carboxylic acids is 1. The third-order valence-electron chi connectivity index (χ3n) is 7.20. The molecule has 188 valence electrons. The van der Waals surface area contributed by atoms with Crippen LogP contribution in [0.15, 0.2) is 80.2 Å².